The Morgan fingerprint density at radius 1 is 1.20 bits per heavy atom. The number of fused-ring (bicyclic) bond motifs is 1. The van der Waals surface area contributed by atoms with Crippen molar-refractivity contribution in [2.45, 2.75) is 13.5 Å². The molecule has 3 aromatic rings. The number of halogens is 1. The van der Waals surface area contributed by atoms with Crippen molar-refractivity contribution in [1.29, 1.82) is 0 Å². The van der Waals surface area contributed by atoms with Gasteiger partial charge in [0.15, 0.2) is 0 Å². The molecule has 0 saturated carbocycles. The van der Waals surface area contributed by atoms with Gasteiger partial charge < -0.3 is 4.57 Å². The molecule has 3 rings (SSSR count). The van der Waals surface area contributed by atoms with Crippen molar-refractivity contribution < 1.29 is 0 Å². The van der Waals surface area contributed by atoms with Gasteiger partial charge in [0.1, 0.15) is 5.15 Å². The van der Waals surface area contributed by atoms with Gasteiger partial charge in [-0.1, -0.05) is 35.9 Å². The predicted molar refractivity (Wildman–Crippen MR) is 81.3 cm³/mol. The first-order chi connectivity index (χ1) is 9.65. The van der Waals surface area contributed by atoms with E-state index in [2.05, 4.69) is 4.98 Å². The second-order valence-electron chi connectivity index (χ2n) is 4.75. The SMILES string of the molecule is Cc1cccc2cc(Cn3ccccc3=O)c(Cl)nc12. The molecule has 0 aliphatic rings. The summed E-state index contributed by atoms with van der Waals surface area (Å²) in [6.07, 6.45) is 1.75. The van der Waals surface area contributed by atoms with Crippen LogP contribution < -0.4 is 5.56 Å². The molecule has 100 valence electrons. The molecule has 0 aliphatic heterocycles. The first kappa shape index (κ1) is 12.9. The molecule has 0 amide bonds. The first-order valence-electron chi connectivity index (χ1n) is 6.35. The smallest absolute Gasteiger partial charge is 0.250 e. The highest BCUT2D eigenvalue weighted by Gasteiger charge is 2.07. The second kappa shape index (κ2) is 5.10. The quantitative estimate of drug-likeness (QED) is 0.676. The van der Waals surface area contributed by atoms with Crippen LogP contribution >= 0.6 is 11.6 Å². The molecule has 1 aromatic carbocycles. The molecule has 0 saturated heterocycles. The van der Waals surface area contributed by atoms with Crippen LogP contribution in [0.4, 0.5) is 0 Å². The van der Waals surface area contributed by atoms with Crippen LogP contribution in [0, 0.1) is 6.92 Å². The highest BCUT2D eigenvalue weighted by Crippen LogP contribution is 2.23. The number of aromatic nitrogens is 2. The fourth-order valence-corrected chi connectivity index (χ4v) is 2.45. The van der Waals surface area contributed by atoms with Crippen molar-refractivity contribution in [1.82, 2.24) is 9.55 Å². The van der Waals surface area contributed by atoms with Crippen molar-refractivity contribution in [3.8, 4) is 0 Å². The predicted octanol–water partition coefficient (Wildman–Crippen LogP) is 3.41. The van der Waals surface area contributed by atoms with E-state index in [1.807, 2.05) is 37.3 Å². The number of benzene rings is 1. The summed E-state index contributed by atoms with van der Waals surface area (Å²) in [7, 11) is 0. The Hall–Kier alpha value is -2.13. The Labute approximate surface area is 121 Å². The zero-order valence-corrected chi connectivity index (χ0v) is 11.8. The molecule has 2 aromatic heterocycles. The monoisotopic (exact) mass is 284 g/mol. The molecule has 0 spiro atoms. The molecule has 4 heteroatoms. The van der Waals surface area contributed by atoms with E-state index >= 15 is 0 Å². The van der Waals surface area contributed by atoms with Crippen LogP contribution in [0.1, 0.15) is 11.1 Å². The normalized spacial score (nSPS) is 10.9. The lowest BCUT2D eigenvalue weighted by Crippen LogP contribution is -2.18. The van der Waals surface area contributed by atoms with Gasteiger partial charge in [0.2, 0.25) is 0 Å². The number of nitrogens with zero attached hydrogens (tertiary/aromatic N) is 2. The summed E-state index contributed by atoms with van der Waals surface area (Å²) in [5.74, 6) is 0. The van der Waals surface area contributed by atoms with Gasteiger partial charge in [-0.15, -0.1) is 0 Å². The highest BCUT2D eigenvalue weighted by molar-refractivity contribution is 6.30. The Morgan fingerprint density at radius 2 is 2.05 bits per heavy atom. The van der Waals surface area contributed by atoms with Gasteiger partial charge in [0.25, 0.3) is 5.56 Å². The molecule has 2 heterocycles. The Balaban J connectivity index is 2.11. The molecule has 0 radical (unpaired) electrons. The summed E-state index contributed by atoms with van der Waals surface area (Å²) in [5.41, 5.74) is 2.79. The molecule has 0 N–H and O–H groups in total. The largest absolute Gasteiger partial charge is 0.311 e. The van der Waals surface area contributed by atoms with E-state index in [0.29, 0.717) is 11.7 Å². The fourth-order valence-electron chi connectivity index (χ4n) is 2.25. The van der Waals surface area contributed by atoms with Crippen LogP contribution in [-0.2, 0) is 6.54 Å². The summed E-state index contributed by atoms with van der Waals surface area (Å²) in [6.45, 7) is 2.43. The van der Waals surface area contributed by atoms with Crippen LogP contribution in [0.15, 0.2) is 53.5 Å². The zero-order chi connectivity index (χ0) is 14.1. The second-order valence-corrected chi connectivity index (χ2v) is 5.11. The van der Waals surface area contributed by atoms with Gasteiger partial charge in [-0.05, 0) is 24.6 Å². The fraction of sp³-hybridized carbons (Fsp3) is 0.125. The molecule has 0 bridgehead atoms. The van der Waals surface area contributed by atoms with Crippen LogP contribution in [-0.4, -0.2) is 9.55 Å². The maximum Gasteiger partial charge on any atom is 0.250 e. The van der Waals surface area contributed by atoms with Gasteiger partial charge in [0, 0.05) is 23.2 Å². The lowest BCUT2D eigenvalue weighted by Gasteiger charge is -2.09. The standard InChI is InChI=1S/C16H13ClN2O/c1-11-5-4-6-12-9-13(16(17)18-15(11)12)10-19-8-3-2-7-14(19)20/h2-9H,10H2,1H3. The summed E-state index contributed by atoms with van der Waals surface area (Å²) >= 11 is 6.25. The molecular formula is C16H13ClN2O. The number of rotatable bonds is 2. The number of pyridine rings is 2. The van der Waals surface area contributed by atoms with E-state index in [-0.39, 0.29) is 5.56 Å². The molecule has 3 nitrogen and oxygen atoms in total. The van der Waals surface area contributed by atoms with Crippen LogP contribution in [0.2, 0.25) is 5.15 Å². The topological polar surface area (TPSA) is 34.9 Å². The van der Waals surface area contributed by atoms with E-state index < -0.39 is 0 Å². The van der Waals surface area contributed by atoms with Gasteiger partial charge in [-0.2, -0.15) is 0 Å². The number of aryl methyl sites for hydroxylation is 1. The maximum atomic E-state index is 11.8. The van der Waals surface area contributed by atoms with Crippen molar-refractivity contribution >= 4 is 22.5 Å². The van der Waals surface area contributed by atoms with E-state index in [0.717, 1.165) is 22.0 Å². The Bertz CT molecular complexity index is 839. The van der Waals surface area contributed by atoms with Gasteiger partial charge >= 0.3 is 0 Å². The summed E-state index contributed by atoms with van der Waals surface area (Å²) in [5, 5.41) is 1.48. The zero-order valence-electron chi connectivity index (χ0n) is 11.0. The lowest BCUT2D eigenvalue weighted by molar-refractivity contribution is 0.758. The van der Waals surface area contributed by atoms with E-state index in [1.165, 1.54) is 6.07 Å². The number of hydrogen-bond acceptors (Lipinski definition) is 2. The van der Waals surface area contributed by atoms with Gasteiger partial charge in [-0.3, -0.25) is 4.79 Å². The van der Waals surface area contributed by atoms with Gasteiger partial charge in [0.05, 0.1) is 12.1 Å². The molecular weight excluding hydrogens is 272 g/mol. The third-order valence-corrected chi connectivity index (χ3v) is 3.64. The molecule has 20 heavy (non-hydrogen) atoms. The summed E-state index contributed by atoms with van der Waals surface area (Å²) in [6, 6.07) is 13.1. The lowest BCUT2D eigenvalue weighted by atomic mass is 10.1. The average molecular weight is 285 g/mol. The minimum Gasteiger partial charge on any atom is -0.311 e. The third kappa shape index (κ3) is 2.32. The third-order valence-electron chi connectivity index (χ3n) is 3.31. The summed E-state index contributed by atoms with van der Waals surface area (Å²) < 4.78 is 1.62. The molecule has 0 atom stereocenters. The summed E-state index contributed by atoms with van der Waals surface area (Å²) in [4.78, 5) is 16.2. The van der Waals surface area contributed by atoms with E-state index in [1.54, 1.807) is 16.8 Å². The minimum atomic E-state index is -0.0482. The number of para-hydroxylation sites is 1. The van der Waals surface area contributed by atoms with E-state index in [9.17, 15) is 4.79 Å². The van der Waals surface area contributed by atoms with Crippen LogP contribution in [0.3, 0.4) is 0 Å². The van der Waals surface area contributed by atoms with Crippen molar-refractivity contribution in [2.24, 2.45) is 0 Å². The van der Waals surface area contributed by atoms with E-state index in [4.69, 9.17) is 11.6 Å². The average Bonchev–Trinajstić information content (AvgIpc) is 2.43. The Kier molecular flexibility index (Phi) is 3.28. The number of hydrogen-bond donors (Lipinski definition) is 0. The van der Waals surface area contributed by atoms with Crippen LogP contribution in [0.5, 0.6) is 0 Å². The van der Waals surface area contributed by atoms with Crippen LogP contribution in [0.25, 0.3) is 10.9 Å². The molecule has 0 aliphatic carbocycles. The van der Waals surface area contributed by atoms with Gasteiger partial charge in [-0.25, -0.2) is 4.98 Å². The van der Waals surface area contributed by atoms with Crippen molar-refractivity contribution in [3.63, 3.8) is 0 Å². The highest BCUT2D eigenvalue weighted by atomic mass is 35.5. The molecule has 0 fully saturated rings. The van der Waals surface area contributed by atoms with Crippen molar-refractivity contribution in [2.75, 3.05) is 0 Å². The Morgan fingerprint density at radius 3 is 2.85 bits per heavy atom. The maximum absolute atomic E-state index is 11.8. The van der Waals surface area contributed by atoms with Crippen molar-refractivity contribution in [3.05, 3.63) is 75.3 Å². The molecule has 0 unspecified atom stereocenters. The minimum absolute atomic E-state index is 0.0482. The first-order valence-corrected chi connectivity index (χ1v) is 6.73.